The van der Waals surface area contributed by atoms with E-state index in [0.29, 0.717) is 0 Å². The predicted octanol–water partition coefficient (Wildman–Crippen LogP) is 4.91. The fourth-order valence-corrected chi connectivity index (χ4v) is 2.61. The van der Waals surface area contributed by atoms with Crippen molar-refractivity contribution in [2.45, 2.75) is 45.4 Å². The van der Waals surface area contributed by atoms with Gasteiger partial charge in [0.2, 0.25) is 0 Å². The highest BCUT2D eigenvalue weighted by atomic mass is 32.1. The van der Waals surface area contributed by atoms with Crippen molar-refractivity contribution in [1.82, 2.24) is 0 Å². The molecular weight excluding hydrogens is 212 g/mol. The lowest BCUT2D eigenvalue weighted by atomic mass is 10.1. The molecule has 0 nitrogen and oxygen atoms in total. The van der Waals surface area contributed by atoms with Gasteiger partial charge in [0.15, 0.2) is 0 Å². The Hall–Kier alpha value is -1.00. The summed E-state index contributed by atoms with van der Waals surface area (Å²) in [5.41, 5.74) is 0. The number of hydrogen-bond acceptors (Lipinski definition) is 1. The summed E-state index contributed by atoms with van der Waals surface area (Å²) in [6.07, 6.45) is 16.9. The number of terminal acetylenes is 1. The average Bonchev–Trinajstić information content (AvgIpc) is 2.74. The van der Waals surface area contributed by atoms with Crippen LogP contribution in [0, 0.1) is 12.3 Å². The maximum absolute atomic E-state index is 5.18. The van der Waals surface area contributed by atoms with Gasteiger partial charge in [-0.1, -0.05) is 38.5 Å². The second kappa shape index (κ2) is 8.19. The molecule has 0 N–H and O–H groups in total. The third kappa shape index (κ3) is 5.19. The van der Waals surface area contributed by atoms with E-state index >= 15 is 0 Å². The molecule has 0 unspecified atom stereocenters. The van der Waals surface area contributed by atoms with Crippen molar-refractivity contribution in [3.63, 3.8) is 0 Å². The smallest absolute Gasteiger partial charge is 0.0279 e. The van der Waals surface area contributed by atoms with E-state index in [0.717, 1.165) is 0 Å². The number of rotatable bonds is 7. The Bertz CT molecular complexity index is 352. The zero-order valence-corrected chi connectivity index (χ0v) is 10.9. The molecule has 0 bridgehead atoms. The summed E-state index contributed by atoms with van der Waals surface area (Å²) in [6, 6.07) is 4.38. The number of hydrogen-bond donors (Lipinski definition) is 0. The fourth-order valence-electron chi connectivity index (χ4n) is 1.65. The highest BCUT2D eigenvalue weighted by Gasteiger charge is 1.97. The molecule has 1 heterocycles. The predicted molar refractivity (Wildman–Crippen MR) is 74.6 cm³/mol. The Balaban J connectivity index is 2.24. The van der Waals surface area contributed by atoms with E-state index in [-0.39, 0.29) is 0 Å². The summed E-state index contributed by atoms with van der Waals surface area (Å²) < 4.78 is 0. The molecule has 0 radical (unpaired) electrons. The van der Waals surface area contributed by atoms with Crippen LogP contribution in [0.2, 0.25) is 0 Å². The van der Waals surface area contributed by atoms with Crippen LogP contribution in [0.5, 0.6) is 0 Å². The van der Waals surface area contributed by atoms with Gasteiger partial charge in [-0.25, -0.2) is 0 Å². The van der Waals surface area contributed by atoms with Crippen LogP contribution in [0.15, 0.2) is 18.2 Å². The lowest BCUT2D eigenvalue weighted by Crippen LogP contribution is -1.81. The first-order chi connectivity index (χ1) is 7.86. The molecule has 16 heavy (non-hydrogen) atoms. The van der Waals surface area contributed by atoms with Gasteiger partial charge < -0.3 is 0 Å². The van der Waals surface area contributed by atoms with Gasteiger partial charge in [0.1, 0.15) is 0 Å². The van der Waals surface area contributed by atoms with Crippen molar-refractivity contribution in [2.24, 2.45) is 0 Å². The van der Waals surface area contributed by atoms with Crippen molar-refractivity contribution in [2.75, 3.05) is 0 Å². The molecule has 0 aromatic carbocycles. The largest absolute Gasteiger partial charge is 0.141 e. The summed E-state index contributed by atoms with van der Waals surface area (Å²) in [7, 11) is 0. The van der Waals surface area contributed by atoms with Crippen LogP contribution in [0.4, 0.5) is 0 Å². The van der Waals surface area contributed by atoms with Crippen molar-refractivity contribution in [1.29, 1.82) is 0 Å². The first kappa shape index (κ1) is 13.1. The molecule has 0 amide bonds. The molecule has 1 rings (SSSR count). The molecule has 0 saturated carbocycles. The summed E-state index contributed by atoms with van der Waals surface area (Å²) in [4.78, 5) is 2.75. The van der Waals surface area contributed by atoms with Gasteiger partial charge in [-0.2, -0.15) is 0 Å². The van der Waals surface area contributed by atoms with E-state index in [9.17, 15) is 0 Å². The number of aryl methyl sites for hydroxylation is 1. The minimum atomic E-state index is 1.22. The molecule has 1 heteroatoms. The van der Waals surface area contributed by atoms with Crippen LogP contribution in [0.3, 0.4) is 0 Å². The van der Waals surface area contributed by atoms with E-state index in [2.05, 4.69) is 25.0 Å². The molecule has 0 spiro atoms. The van der Waals surface area contributed by atoms with Crippen molar-refractivity contribution >= 4 is 17.4 Å². The van der Waals surface area contributed by atoms with E-state index in [1.165, 1.54) is 48.3 Å². The van der Waals surface area contributed by atoms with E-state index in [1.54, 1.807) is 6.08 Å². The normalized spacial score (nSPS) is 10.8. The lowest BCUT2D eigenvalue weighted by Gasteiger charge is -1.97. The SMILES string of the molecule is C#C/C=C\c1ccc(CCCCCCC)s1. The Kier molecular flexibility index (Phi) is 6.69. The molecule has 0 saturated heterocycles. The third-order valence-electron chi connectivity index (χ3n) is 2.55. The van der Waals surface area contributed by atoms with Crippen molar-refractivity contribution in [3.8, 4) is 12.3 Å². The molecule has 1 aromatic heterocycles. The lowest BCUT2D eigenvalue weighted by molar-refractivity contribution is 0.634. The summed E-state index contributed by atoms with van der Waals surface area (Å²) >= 11 is 1.85. The van der Waals surface area contributed by atoms with Gasteiger partial charge in [-0.05, 0) is 37.1 Å². The first-order valence-corrected chi connectivity index (χ1v) is 6.90. The molecule has 0 aliphatic rings. The number of allylic oxidation sites excluding steroid dienone is 1. The monoisotopic (exact) mass is 232 g/mol. The molecule has 86 valence electrons. The Labute approximate surface area is 103 Å². The molecule has 0 fully saturated rings. The number of thiophene rings is 1. The molecule has 0 aliphatic carbocycles. The standard InChI is InChI=1S/C15H20S/c1-3-5-7-8-9-11-15-13-12-14(16-15)10-6-4-2/h2,6,10,12-13H,3,5,7-9,11H2,1H3/b10-6-. The zero-order chi connectivity index (χ0) is 11.6. The molecule has 1 aromatic rings. The fraction of sp³-hybridized carbons (Fsp3) is 0.467. The second-order valence-electron chi connectivity index (χ2n) is 3.97. The van der Waals surface area contributed by atoms with Crippen LogP contribution in [-0.2, 0) is 6.42 Å². The Morgan fingerprint density at radius 3 is 2.81 bits per heavy atom. The van der Waals surface area contributed by atoms with Crippen LogP contribution in [-0.4, -0.2) is 0 Å². The van der Waals surface area contributed by atoms with Crippen LogP contribution in [0.25, 0.3) is 6.08 Å². The minimum absolute atomic E-state index is 1.22. The van der Waals surface area contributed by atoms with Gasteiger partial charge in [-0.3, -0.25) is 0 Å². The second-order valence-corrected chi connectivity index (χ2v) is 5.17. The van der Waals surface area contributed by atoms with Crippen LogP contribution < -0.4 is 0 Å². The van der Waals surface area contributed by atoms with E-state index < -0.39 is 0 Å². The number of unbranched alkanes of at least 4 members (excludes halogenated alkanes) is 4. The summed E-state index contributed by atoms with van der Waals surface area (Å²) in [5, 5.41) is 0. The molecule has 0 atom stereocenters. The van der Waals surface area contributed by atoms with Gasteiger partial charge in [0, 0.05) is 9.75 Å². The first-order valence-electron chi connectivity index (χ1n) is 6.08. The molecule has 0 aliphatic heterocycles. The van der Waals surface area contributed by atoms with Crippen LogP contribution in [0.1, 0.15) is 48.8 Å². The summed E-state index contributed by atoms with van der Waals surface area (Å²) in [5.74, 6) is 2.52. The molecular formula is C15H20S. The van der Waals surface area contributed by atoms with Gasteiger partial charge in [-0.15, -0.1) is 17.8 Å². The highest BCUT2D eigenvalue weighted by Crippen LogP contribution is 2.20. The highest BCUT2D eigenvalue weighted by molar-refractivity contribution is 7.12. The van der Waals surface area contributed by atoms with E-state index in [1.807, 2.05) is 17.4 Å². The Morgan fingerprint density at radius 2 is 2.06 bits per heavy atom. The van der Waals surface area contributed by atoms with Gasteiger partial charge in [0.25, 0.3) is 0 Å². The van der Waals surface area contributed by atoms with Gasteiger partial charge >= 0.3 is 0 Å². The minimum Gasteiger partial charge on any atom is -0.141 e. The topological polar surface area (TPSA) is 0 Å². The van der Waals surface area contributed by atoms with Crippen LogP contribution >= 0.6 is 11.3 Å². The van der Waals surface area contributed by atoms with Gasteiger partial charge in [0.05, 0.1) is 0 Å². The average molecular weight is 232 g/mol. The Morgan fingerprint density at radius 1 is 1.25 bits per heavy atom. The zero-order valence-electron chi connectivity index (χ0n) is 10.0. The van der Waals surface area contributed by atoms with Crippen molar-refractivity contribution < 1.29 is 0 Å². The third-order valence-corrected chi connectivity index (χ3v) is 3.66. The van der Waals surface area contributed by atoms with Crippen molar-refractivity contribution in [3.05, 3.63) is 28.0 Å². The van der Waals surface area contributed by atoms with E-state index in [4.69, 9.17) is 6.42 Å². The quantitative estimate of drug-likeness (QED) is 0.463. The summed E-state index contributed by atoms with van der Waals surface area (Å²) in [6.45, 7) is 2.25. The maximum Gasteiger partial charge on any atom is 0.0279 e. The maximum atomic E-state index is 5.18.